The number of aryl methyl sites for hydroxylation is 4. The van der Waals surface area contributed by atoms with E-state index in [4.69, 9.17) is 0 Å². The van der Waals surface area contributed by atoms with Crippen LogP contribution in [0.4, 0.5) is 0 Å². The average Bonchev–Trinajstić information content (AvgIpc) is 3.11. The van der Waals surface area contributed by atoms with E-state index in [-0.39, 0.29) is 0 Å². The third-order valence-electron chi connectivity index (χ3n) is 3.03. The first kappa shape index (κ1) is 12.6. The minimum atomic E-state index is 0.688. The smallest absolute Gasteiger partial charge is 0.151 e. The number of aromatic amines is 3. The van der Waals surface area contributed by atoms with Crippen LogP contribution in [0.15, 0.2) is 12.4 Å². The normalized spacial score (nSPS) is 11.1. The van der Waals surface area contributed by atoms with Gasteiger partial charge in [-0.05, 0) is 20.3 Å². The molecule has 7 nitrogen and oxygen atoms in total. The highest BCUT2D eigenvalue weighted by molar-refractivity contribution is 5.09. The Morgan fingerprint density at radius 3 is 2.50 bits per heavy atom. The van der Waals surface area contributed by atoms with Crippen molar-refractivity contribution in [1.82, 2.24) is 35.1 Å². The highest BCUT2D eigenvalue weighted by atomic mass is 15.2. The summed E-state index contributed by atoms with van der Waals surface area (Å²) in [4.78, 5) is 19.4. The van der Waals surface area contributed by atoms with E-state index < -0.39 is 0 Å². The lowest BCUT2D eigenvalue weighted by Crippen LogP contribution is -1.96. The zero-order chi connectivity index (χ0) is 13.9. The number of aromatic nitrogens is 7. The van der Waals surface area contributed by atoms with Crippen LogP contribution in [-0.2, 0) is 19.3 Å². The molecular formula is C13H17N7. The van der Waals surface area contributed by atoms with Gasteiger partial charge in [0.1, 0.15) is 17.5 Å². The number of hydrogen-bond donors (Lipinski definition) is 3. The summed E-state index contributed by atoms with van der Waals surface area (Å²) < 4.78 is 0. The SMILES string of the molecule is Cc1cnc(Cc2ncc(CCc3n[nH]c(C)n3)[nH]2)[nH]1. The van der Waals surface area contributed by atoms with Crippen LogP contribution in [0.25, 0.3) is 0 Å². The number of hydrogen-bond acceptors (Lipinski definition) is 4. The Labute approximate surface area is 116 Å². The fourth-order valence-electron chi connectivity index (χ4n) is 2.09. The Hall–Kier alpha value is -2.44. The molecule has 7 heteroatoms. The summed E-state index contributed by atoms with van der Waals surface area (Å²) in [6.45, 7) is 3.89. The number of nitrogens with one attached hydrogen (secondary N) is 3. The summed E-state index contributed by atoms with van der Waals surface area (Å²) in [7, 11) is 0. The van der Waals surface area contributed by atoms with Crippen LogP contribution in [-0.4, -0.2) is 35.1 Å². The summed E-state index contributed by atoms with van der Waals surface area (Å²) in [6.07, 6.45) is 6.02. The van der Waals surface area contributed by atoms with Crippen LogP contribution in [0.2, 0.25) is 0 Å². The molecule has 0 saturated carbocycles. The summed E-state index contributed by atoms with van der Waals surface area (Å²) in [5, 5.41) is 6.97. The lowest BCUT2D eigenvalue weighted by atomic mass is 10.2. The van der Waals surface area contributed by atoms with Crippen molar-refractivity contribution in [2.75, 3.05) is 0 Å². The van der Waals surface area contributed by atoms with E-state index in [2.05, 4.69) is 35.1 Å². The lowest BCUT2D eigenvalue weighted by molar-refractivity contribution is 0.840. The molecule has 0 radical (unpaired) electrons. The molecule has 0 fully saturated rings. The van der Waals surface area contributed by atoms with Crippen molar-refractivity contribution in [2.45, 2.75) is 33.1 Å². The van der Waals surface area contributed by atoms with Gasteiger partial charge in [-0.3, -0.25) is 5.10 Å². The monoisotopic (exact) mass is 271 g/mol. The van der Waals surface area contributed by atoms with Crippen molar-refractivity contribution >= 4 is 0 Å². The van der Waals surface area contributed by atoms with E-state index >= 15 is 0 Å². The predicted molar refractivity (Wildman–Crippen MR) is 73.2 cm³/mol. The van der Waals surface area contributed by atoms with Crippen LogP contribution in [0, 0.1) is 13.8 Å². The van der Waals surface area contributed by atoms with Gasteiger partial charge in [-0.25, -0.2) is 15.0 Å². The van der Waals surface area contributed by atoms with E-state index in [1.54, 1.807) is 0 Å². The molecule has 0 aliphatic carbocycles. The van der Waals surface area contributed by atoms with Crippen molar-refractivity contribution in [2.24, 2.45) is 0 Å². The van der Waals surface area contributed by atoms with Crippen molar-refractivity contribution in [3.05, 3.63) is 47.1 Å². The van der Waals surface area contributed by atoms with Gasteiger partial charge in [-0.1, -0.05) is 0 Å². The second kappa shape index (κ2) is 5.28. The molecule has 0 atom stereocenters. The summed E-state index contributed by atoms with van der Waals surface area (Å²) in [5.74, 6) is 3.52. The summed E-state index contributed by atoms with van der Waals surface area (Å²) >= 11 is 0. The average molecular weight is 271 g/mol. The van der Waals surface area contributed by atoms with Gasteiger partial charge in [0.15, 0.2) is 5.82 Å². The van der Waals surface area contributed by atoms with Gasteiger partial charge < -0.3 is 9.97 Å². The molecule has 0 spiro atoms. The van der Waals surface area contributed by atoms with Gasteiger partial charge >= 0.3 is 0 Å². The van der Waals surface area contributed by atoms with E-state index in [1.807, 2.05) is 26.2 Å². The standard InChI is InChI=1S/C13H17N7/c1-8-6-14-12(16-8)5-13-15-7-10(18-13)3-4-11-17-9(2)19-20-11/h6-7H,3-5H2,1-2H3,(H,14,16)(H,15,18)(H,17,19,20). The minimum Gasteiger partial charge on any atom is -0.346 e. The van der Waals surface area contributed by atoms with Gasteiger partial charge in [0.2, 0.25) is 0 Å². The largest absolute Gasteiger partial charge is 0.346 e. The Balaban J connectivity index is 1.59. The van der Waals surface area contributed by atoms with E-state index in [0.717, 1.165) is 47.5 Å². The van der Waals surface area contributed by atoms with Gasteiger partial charge in [0.25, 0.3) is 0 Å². The second-order valence-electron chi connectivity index (χ2n) is 4.88. The van der Waals surface area contributed by atoms with Crippen LogP contribution < -0.4 is 0 Å². The van der Waals surface area contributed by atoms with Gasteiger partial charge in [-0.2, -0.15) is 5.10 Å². The topological polar surface area (TPSA) is 98.9 Å². The molecule has 0 aliphatic rings. The van der Waals surface area contributed by atoms with Crippen molar-refractivity contribution in [3.63, 3.8) is 0 Å². The molecule has 3 rings (SSSR count). The van der Waals surface area contributed by atoms with Crippen LogP contribution in [0.5, 0.6) is 0 Å². The third kappa shape index (κ3) is 2.93. The molecule has 3 N–H and O–H groups in total. The third-order valence-corrected chi connectivity index (χ3v) is 3.03. The molecule has 0 saturated heterocycles. The first-order chi connectivity index (χ1) is 9.69. The maximum absolute atomic E-state index is 4.37. The molecule has 3 heterocycles. The molecular weight excluding hydrogens is 254 g/mol. The van der Waals surface area contributed by atoms with Crippen LogP contribution in [0.3, 0.4) is 0 Å². The number of H-pyrrole nitrogens is 3. The lowest BCUT2D eigenvalue weighted by Gasteiger charge is -1.95. The molecule has 104 valence electrons. The van der Waals surface area contributed by atoms with Crippen molar-refractivity contribution < 1.29 is 0 Å². The highest BCUT2D eigenvalue weighted by Crippen LogP contribution is 2.06. The van der Waals surface area contributed by atoms with E-state index in [9.17, 15) is 0 Å². The van der Waals surface area contributed by atoms with Crippen molar-refractivity contribution in [3.8, 4) is 0 Å². The predicted octanol–water partition coefficient (Wildman–Crippen LogP) is 1.24. The maximum atomic E-state index is 4.37. The van der Waals surface area contributed by atoms with Gasteiger partial charge in [0.05, 0.1) is 6.42 Å². The molecule has 0 aliphatic heterocycles. The zero-order valence-electron chi connectivity index (χ0n) is 11.6. The highest BCUT2D eigenvalue weighted by Gasteiger charge is 2.06. The molecule has 20 heavy (non-hydrogen) atoms. The molecule has 3 aromatic rings. The summed E-state index contributed by atoms with van der Waals surface area (Å²) in [5.41, 5.74) is 2.15. The quantitative estimate of drug-likeness (QED) is 0.650. The molecule has 0 amide bonds. The second-order valence-corrected chi connectivity index (χ2v) is 4.88. The van der Waals surface area contributed by atoms with Gasteiger partial charge in [0, 0.05) is 30.2 Å². The fraction of sp³-hybridized carbons (Fsp3) is 0.385. The first-order valence-corrected chi connectivity index (χ1v) is 6.60. The summed E-state index contributed by atoms with van der Waals surface area (Å²) in [6, 6.07) is 0. The number of nitrogens with zero attached hydrogens (tertiary/aromatic N) is 4. The van der Waals surface area contributed by atoms with Crippen molar-refractivity contribution in [1.29, 1.82) is 0 Å². The van der Waals surface area contributed by atoms with E-state index in [1.165, 1.54) is 0 Å². The van der Waals surface area contributed by atoms with Crippen LogP contribution in [0.1, 0.15) is 34.7 Å². The zero-order valence-corrected chi connectivity index (χ0v) is 11.6. The van der Waals surface area contributed by atoms with Gasteiger partial charge in [-0.15, -0.1) is 0 Å². The Kier molecular flexibility index (Phi) is 3.32. The Morgan fingerprint density at radius 2 is 1.80 bits per heavy atom. The molecule has 0 unspecified atom stereocenters. The minimum absolute atomic E-state index is 0.688. The molecule has 0 aromatic carbocycles. The fourth-order valence-corrected chi connectivity index (χ4v) is 2.09. The Bertz CT molecular complexity index is 691. The Morgan fingerprint density at radius 1 is 1.00 bits per heavy atom. The number of imidazole rings is 2. The van der Waals surface area contributed by atoms with E-state index in [0.29, 0.717) is 6.42 Å². The number of rotatable bonds is 5. The maximum Gasteiger partial charge on any atom is 0.151 e. The van der Waals surface area contributed by atoms with Crippen LogP contribution >= 0.6 is 0 Å². The molecule has 3 aromatic heterocycles. The molecule has 0 bridgehead atoms. The first-order valence-electron chi connectivity index (χ1n) is 6.60.